The number of nitrogens with zero attached hydrogens (tertiary/aromatic N) is 3. The van der Waals surface area contributed by atoms with Crippen molar-refractivity contribution in [3.63, 3.8) is 0 Å². The molecule has 2 aromatic carbocycles. The predicted octanol–water partition coefficient (Wildman–Crippen LogP) is 2.82. The van der Waals surface area contributed by atoms with E-state index in [1.165, 1.54) is 0 Å². The molecule has 0 bridgehead atoms. The second-order valence-corrected chi connectivity index (χ2v) is 9.48. The van der Waals surface area contributed by atoms with Crippen LogP contribution in [0.25, 0.3) is 0 Å². The number of para-hydroxylation sites is 2. The van der Waals surface area contributed by atoms with Gasteiger partial charge in [0, 0.05) is 31.7 Å². The summed E-state index contributed by atoms with van der Waals surface area (Å²) in [5, 5.41) is 2.95. The van der Waals surface area contributed by atoms with Gasteiger partial charge in [0.05, 0.1) is 13.8 Å². The highest BCUT2D eigenvalue weighted by Crippen LogP contribution is 2.39. The number of methoxy groups -OCH3 is 1. The zero-order valence-corrected chi connectivity index (χ0v) is 21.2. The van der Waals surface area contributed by atoms with Crippen molar-refractivity contribution in [1.82, 2.24) is 15.1 Å². The van der Waals surface area contributed by atoms with E-state index < -0.39 is 5.54 Å². The summed E-state index contributed by atoms with van der Waals surface area (Å²) >= 11 is 0. The Balaban J connectivity index is 1.42. The van der Waals surface area contributed by atoms with E-state index in [1.54, 1.807) is 12.0 Å². The number of carbonyl (C=O) groups is 3. The van der Waals surface area contributed by atoms with Crippen molar-refractivity contribution in [3.05, 3.63) is 60.2 Å². The number of carbonyl (C=O) groups excluding carboxylic acids is 3. The lowest BCUT2D eigenvalue weighted by molar-refractivity contribution is -0.140. The van der Waals surface area contributed by atoms with E-state index in [-0.39, 0.29) is 24.3 Å². The van der Waals surface area contributed by atoms with Crippen molar-refractivity contribution in [2.75, 3.05) is 44.9 Å². The molecule has 2 fully saturated rings. The van der Waals surface area contributed by atoms with Gasteiger partial charge in [0.1, 0.15) is 17.8 Å². The van der Waals surface area contributed by atoms with Gasteiger partial charge in [-0.3, -0.25) is 14.4 Å². The second-order valence-electron chi connectivity index (χ2n) is 9.48. The standard InChI is InChI=1S/C28H36N4O4/c1-3-9-26(34)30-18-15-28(16-19-30)27(35)31(21-32(28)23-11-5-4-6-12-23)20-25(33)29-17-14-22-10-7-8-13-24(22)36-2/h4-8,10-13H,3,9,14-21H2,1-2H3,(H,29,33). The SMILES string of the molecule is CCCC(=O)N1CCC2(CC1)C(=O)N(CC(=O)NCCc1ccccc1OC)CN2c1ccccc1. The fourth-order valence-corrected chi connectivity index (χ4v) is 5.30. The number of hydrogen-bond acceptors (Lipinski definition) is 5. The summed E-state index contributed by atoms with van der Waals surface area (Å²) < 4.78 is 5.38. The van der Waals surface area contributed by atoms with Gasteiger partial charge in [-0.05, 0) is 49.4 Å². The second kappa shape index (κ2) is 11.5. The first kappa shape index (κ1) is 25.5. The van der Waals surface area contributed by atoms with Crippen LogP contribution in [0.5, 0.6) is 5.75 Å². The van der Waals surface area contributed by atoms with Gasteiger partial charge >= 0.3 is 0 Å². The first-order chi connectivity index (χ1) is 17.5. The van der Waals surface area contributed by atoms with E-state index in [0.717, 1.165) is 23.4 Å². The van der Waals surface area contributed by atoms with Crippen LogP contribution in [0.15, 0.2) is 54.6 Å². The first-order valence-corrected chi connectivity index (χ1v) is 12.8. The van der Waals surface area contributed by atoms with Crippen LogP contribution in [-0.2, 0) is 20.8 Å². The molecule has 2 aromatic rings. The molecule has 2 aliphatic rings. The van der Waals surface area contributed by atoms with E-state index in [4.69, 9.17) is 4.74 Å². The van der Waals surface area contributed by atoms with Crippen LogP contribution < -0.4 is 15.0 Å². The van der Waals surface area contributed by atoms with E-state index >= 15 is 0 Å². The van der Waals surface area contributed by atoms with Gasteiger partial charge in [0.25, 0.3) is 5.91 Å². The molecule has 1 N–H and O–H groups in total. The summed E-state index contributed by atoms with van der Waals surface area (Å²) in [7, 11) is 1.63. The van der Waals surface area contributed by atoms with Gasteiger partial charge < -0.3 is 24.8 Å². The number of rotatable bonds is 9. The van der Waals surface area contributed by atoms with Gasteiger partial charge in [0.15, 0.2) is 0 Å². The van der Waals surface area contributed by atoms with Crippen LogP contribution in [0.3, 0.4) is 0 Å². The van der Waals surface area contributed by atoms with E-state index in [0.29, 0.717) is 52.0 Å². The molecule has 2 saturated heterocycles. The van der Waals surface area contributed by atoms with Gasteiger partial charge in [-0.25, -0.2) is 0 Å². The van der Waals surface area contributed by atoms with Crippen molar-refractivity contribution in [2.24, 2.45) is 0 Å². The Hall–Kier alpha value is -3.55. The molecule has 4 rings (SSSR count). The van der Waals surface area contributed by atoms with Crippen LogP contribution in [0, 0.1) is 0 Å². The van der Waals surface area contributed by atoms with E-state index in [1.807, 2.05) is 66.4 Å². The molecule has 1 spiro atoms. The summed E-state index contributed by atoms with van der Waals surface area (Å²) in [5.41, 5.74) is 1.25. The molecule has 0 radical (unpaired) electrons. The molecular formula is C28H36N4O4. The Morgan fingerprint density at radius 1 is 1.03 bits per heavy atom. The third kappa shape index (κ3) is 5.32. The number of amides is 3. The molecule has 36 heavy (non-hydrogen) atoms. The van der Waals surface area contributed by atoms with Gasteiger partial charge in [-0.2, -0.15) is 0 Å². The van der Waals surface area contributed by atoms with Crippen molar-refractivity contribution in [2.45, 2.75) is 44.6 Å². The molecule has 0 aromatic heterocycles. The van der Waals surface area contributed by atoms with Crippen LogP contribution in [0.4, 0.5) is 5.69 Å². The minimum atomic E-state index is -0.734. The summed E-state index contributed by atoms with van der Waals surface area (Å²) in [6, 6.07) is 17.6. The van der Waals surface area contributed by atoms with E-state index in [2.05, 4.69) is 10.2 Å². The van der Waals surface area contributed by atoms with Gasteiger partial charge in [-0.1, -0.05) is 43.3 Å². The Kier molecular flexibility index (Phi) is 8.13. The van der Waals surface area contributed by atoms with Crippen LogP contribution >= 0.6 is 0 Å². The lowest BCUT2D eigenvalue weighted by Gasteiger charge is -2.43. The Morgan fingerprint density at radius 3 is 2.42 bits per heavy atom. The lowest BCUT2D eigenvalue weighted by Crippen LogP contribution is -2.57. The molecule has 0 atom stereocenters. The topological polar surface area (TPSA) is 82.2 Å². The predicted molar refractivity (Wildman–Crippen MR) is 139 cm³/mol. The summed E-state index contributed by atoms with van der Waals surface area (Å²) in [5.74, 6) is 0.730. The highest BCUT2D eigenvalue weighted by atomic mass is 16.5. The number of benzene rings is 2. The zero-order chi connectivity index (χ0) is 25.5. The fourth-order valence-electron chi connectivity index (χ4n) is 5.30. The molecule has 8 nitrogen and oxygen atoms in total. The molecule has 2 heterocycles. The average Bonchev–Trinajstić information content (AvgIpc) is 3.16. The maximum Gasteiger partial charge on any atom is 0.250 e. The maximum absolute atomic E-state index is 13.8. The van der Waals surface area contributed by atoms with E-state index in [9.17, 15) is 14.4 Å². The summed E-state index contributed by atoms with van der Waals surface area (Å²) in [4.78, 5) is 44.7. The summed E-state index contributed by atoms with van der Waals surface area (Å²) in [6.07, 6.45) is 3.11. The quantitative estimate of drug-likeness (QED) is 0.582. The smallest absolute Gasteiger partial charge is 0.250 e. The average molecular weight is 493 g/mol. The van der Waals surface area contributed by atoms with Gasteiger partial charge in [0.2, 0.25) is 11.8 Å². The summed E-state index contributed by atoms with van der Waals surface area (Å²) in [6.45, 7) is 3.92. The molecule has 8 heteroatoms. The Labute approximate surface area is 213 Å². The third-order valence-electron chi connectivity index (χ3n) is 7.23. The minimum absolute atomic E-state index is 0.00826. The van der Waals surface area contributed by atoms with Crippen LogP contribution in [-0.4, -0.2) is 73.0 Å². The molecule has 3 amide bonds. The highest BCUT2D eigenvalue weighted by molar-refractivity contribution is 5.96. The minimum Gasteiger partial charge on any atom is -0.496 e. The number of anilines is 1. The number of piperidine rings is 1. The first-order valence-electron chi connectivity index (χ1n) is 12.8. The van der Waals surface area contributed by atoms with Crippen LogP contribution in [0.2, 0.25) is 0 Å². The normalized spacial score (nSPS) is 16.9. The van der Waals surface area contributed by atoms with Crippen molar-refractivity contribution >= 4 is 23.4 Å². The zero-order valence-electron chi connectivity index (χ0n) is 21.2. The Bertz CT molecular complexity index is 1070. The molecular weight excluding hydrogens is 456 g/mol. The molecule has 0 unspecified atom stereocenters. The van der Waals surface area contributed by atoms with Crippen LogP contribution in [0.1, 0.15) is 38.2 Å². The lowest BCUT2D eigenvalue weighted by atomic mass is 9.85. The number of nitrogens with one attached hydrogen (secondary N) is 1. The molecule has 192 valence electrons. The number of ether oxygens (including phenoxy) is 1. The molecule has 0 saturated carbocycles. The molecule has 2 aliphatic heterocycles. The largest absolute Gasteiger partial charge is 0.496 e. The maximum atomic E-state index is 13.8. The van der Waals surface area contributed by atoms with Crippen molar-refractivity contribution in [3.8, 4) is 5.75 Å². The Morgan fingerprint density at radius 2 is 1.72 bits per heavy atom. The van der Waals surface area contributed by atoms with Gasteiger partial charge in [-0.15, -0.1) is 0 Å². The third-order valence-corrected chi connectivity index (χ3v) is 7.23. The number of likely N-dealkylation sites (tertiary alicyclic amines) is 1. The molecule has 0 aliphatic carbocycles. The monoisotopic (exact) mass is 492 g/mol. The number of hydrogen-bond donors (Lipinski definition) is 1. The fraction of sp³-hybridized carbons (Fsp3) is 0.464. The highest BCUT2D eigenvalue weighted by Gasteiger charge is 2.54. The van der Waals surface area contributed by atoms with Crippen molar-refractivity contribution < 1.29 is 19.1 Å². The van der Waals surface area contributed by atoms with Crippen molar-refractivity contribution in [1.29, 1.82) is 0 Å².